The summed E-state index contributed by atoms with van der Waals surface area (Å²) in [5.74, 6) is 1.97. The van der Waals surface area contributed by atoms with Crippen molar-refractivity contribution in [1.29, 1.82) is 0 Å². The number of rotatable bonds is 5. The summed E-state index contributed by atoms with van der Waals surface area (Å²) in [5.41, 5.74) is 1.75. The van der Waals surface area contributed by atoms with Crippen LogP contribution < -0.4 is 25.6 Å². The van der Waals surface area contributed by atoms with Gasteiger partial charge in [-0.05, 0) is 24.1 Å². The monoisotopic (exact) mass is 447 g/mol. The summed E-state index contributed by atoms with van der Waals surface area (Å²) in [6, 6.07) is 15.1. The van der Waals surface area contributed by atoms with E-state index in [0.29, 0.717) is 41.7 Å². The van der Waals surface area contributed by atoms with Crippen LogP contribution in [0.15, 0.2) is 58.1 Å². The smallest absolute Gasteiger partial charge is 0.332 e. The van der Waals surface area contributed by atoms with Crippen LogP contribution in [0.2, 0.25) is 0 Å². The van der Waals surface area contributed by atoms with Gasteiger partial charge in [-0.2, -0.15) is 4.98 Å². The van der Waals surface area contributed by atoms with E-state index in [1.165, 1.54) is 9.13 Å². The van der Waals surface area contributed by atoms with E-state index in [0.717, 1.165) is 17.7 Å². The Balaban J connectivity index is 1.71. The lowest BCUT2D eigenvalue weighted by Crippen LogP contribution is -2.40. The number of imidazole rings is 1. The molecule has 5 rings (SSSR count). The quantitative estimate of drug-likeness (QED) is 0.468. The SMILES string of the molecule is COc1ccc(OC)c(N2CCCn3c2nc2c3c(=O)n(Cc3ccccc3)c(=O)n2C)c1. The highest BCUT2D eigenvalue weighted by molar-refractivity contribution is 5.78. The van der Waals surface area contributed by atoms with E-state index in [1.807, 2.05) is 58.0 Å². The Morgan fingerprint density at radius 1 is 1.00 bits per heavy atom. The molecule has 4 aromatic rings. The lowest BCUT2D eigenvalue weighted by molar-refractivity contribution is 0.403. The molecule has 0 fully saturated rings. The van der Waals surface area contributed by atoms with Crippen molar-refractivity contribution in [2.45, 2.75) is 19.5 Å². The van der Waals surface area contributed by atoms with Crippen molar-refractivity contribution < 1.29 is 9.47 Å². The van der Waals surface area contributed by atoms with E-state index < -0.39 is 5.69 Å². The van der Waals surface area contributed by atoms with Crippen molar-refractivity contribution >= 4 is 22.8 Å². The van der Waals surface area contributed by atoms with Crippen molar-refractivity contribution in [3.05, 3.63) is 74.9 Å². The topological polar surface area (TPSA) is 83.5 Å². The molecule has 0 saturated carbocycles. The van der Waals surface area contributed by atoms with Gasteiger partial charge < -0.3 is 18.9 Å². The summed E-state index contributed by atoms with van der Waals surface area (Å²) < 4.78 is 15.6. The molecule has 0 atom stereocenters. The normalized spacial score (nSPS) is 13.2. The summed E-state index contributed by atoms with van der Waals surface area (Å²) >= 11 is 0. The number of nitrogens with zero attached hydrogens (tertiary/aromatic N) is 5. The molecule has 1 aliphatic heterocycles. The molecular weight excluding hydrogens is 422 g/mol. The third kappa shape index (κ3) is 3.36. The number of hydrogen-bond acceptors (Lipinski definition) is 6. The fourth-order valence-electron chi connectivity index (χ4n) is 4.41. The van der Waals surface area contributed by atoms with Crippen molar-refractivity contribution in [2.75, 3.05) is 25.7 Å². The molecular formula is C24H25N5O4. The summed E-state index contributed by atoms with van der Waals surface area (Å²) in [6.45, 7) is 1.53. The van der Waals surface area contributed by atoms with Gasteiger partial charge in [0.2, 0.25) is 5.95 Å². The van der Waals surface area contributed by atoms with E-state index in [-0.39, 0.29) is 12.1 Å². The third-order valence-corrected chi connectivity index (χ3v) is 6.08. The highest BCUT2D eigenvalue weighted by Gasteiger charge is 2.28. The molecule has 9 heteroatoms. The zero-order valence-corrected chi connectivity index (χ0v) is 18.8. The molecule has 0 radical (unpaired) electrons. The molecule has 33 heavy (non-hydrogen) atoms. The Morgan fingerprint density at radius 2 is 1.79 bits per heavy atom. The van der Waals surface area contributed by atoms with Crippen LogP contribution in [0.4, 0.5) is 11.6 Å². The first-order valence-corrected chi connectivity index (χ1v) is 10.8. The predicted octanol–water partition coefficient (Wildman–Crippen LogP) is 2.50. The van der Waals surface area contributed by atoms with Crippen LogP contribution in [0.1, 0.15) is 12.0 Å². The molecule has 9 nitrogen and oxygen atoms in total. The van der Waals surface area contributed by atoms with Gasteiger partial charge in [0.05, 0.1) is 26.5 Å². The van der Waals surface area contributed by atoms with Crippen LogP contribution in [-0.4, -0.2) is 39.4 Å². The molecule has 170 valence electrons. The van der Waals surface area contributed by atoms with Gasteiger partial charge in [-0.1, -0.05) is 30.3 Å². The van der Waals surface area contributed by atoms with Gasteiger partial charge in [-0.25, -0.2) is 4.79 Å². The van der Waals surface area contributed by atoms with E-state index in [1.54, 1.807) is 21.3 Å². The Hall–Kier alpha value is -4.01. The van der Waals surface area contributed by atoms with Crippen molar-refractivity contribution in [3.8, 4) is 11.5 Å². The van der Waals surface area contributed by atoms with Crippen molar-refractivity contribution in [2.24, 2.45) is 7.05 Å². The van der Waals surface area contributed by atoms with Crippen LogP contribution in [0.5, 0.6) is 11.5 Å². The van der Waals surface area contributed by atoms with Gasteiger partial charge in [0.1, 0.15) is 11.5 Å². The Labute approximate surface area is 190 Å². The first-order valence-electron chi connectivity index (χ1n) is 10.8. The first-order chi connectivity index (χ1) is 16.0. The third-order valence-electron chi connectivity index (χ3n) is 6.08. The minimum atomic E-state index is -0.391. The number of fused-ring (bicyclic) bond motifs is 3. The van der Waals surface area contributed by atoms with Gasteiger partial charge in [0.15, 0.2) is 11.2 Å². The number of ether oxygens (including phenoxy) is 2. The number of hydrogen-bond donors (Lipinski definition) is 0. The molecule has 2 aromatic carbocycles. The number of aryl methyl sites for hydroxylation is 2. The average molecular weight is 447 g/mol. The maximum Gasteiger partial charge on any atom is 0.332 e. The first kappa shape index (κ1) is 20.9. The van der Waals surface area contributed by atoms with Crippen molar-refractivity contribution in [3.63, 3.8) is 0 Å². The molecule has 0 spiro atoms. The highest BCUT2D eigenvalue weighted by Crippen LogP contribution is 2.38. The van der Waals surface area contributed by atoms with Gasteiger partial charge in [-0.15, -0.1) is 0 Å². The second-order valence-corrected chi connectivity index (χ2v) is 8.00. The van der Waals surface area contributed by atoms with Gasteiger partial charge in [0.25, 0.3) is 5.56 Å². The van der Waals surface area contributed by atoms with Gasteiger partial charge in [-0.3, -0.25) is 13.9 Å². The maximum atomic E-state index is 13.5. The lowest BCUT2D eigenvalue weighted by atomic mass is 10.2. The molecule has 0 N–H and O–H groups in total. The minimum absolute atomic E-state index is 0.205. The Morgan fingerprint density at radius 3 is 2.52 bits per heavy atom. The number of methoxy groups -OCH3 is 2. The predicted molar refractivity (Wildman–Crippen MR) is 126 cm³/mol. The van der Waals surface area contributed by atoms with Crippen LogP contribution >= 0.6 is 0 Å². The van der Waals surface area contributed by atoms with Gasteiger partial charge >= 0.3 is 5.69 Å². The van der Waals surface area contributed by atoms with Crippen LogP contribution in [0.3, 0.4) is 0 Å². The molecule has 0 aliphatic carbocycles. The molecule has 1 aliphatic rings. The summed E-state index contributed by atoms with van der Waals surface area (Å²) in [6.07, 6.45) is 0.805. The number of aromatic nitrogens is 4. The van der Waals surface area contributed by atoms with Crippen molar-refractivity contribution in [1.82, 2.24) is 18.7 Å². The molecule has 3 heterocycles. The van der Waals surface area contributed by atoms with Gasteiger partial charge in [0, 0.05) is 26.2 Å². The van der Waals surface area contributed by atoms with Crippen LogP contribution in [0.25, 0.3) is 11.2 Å². The average Bonchev–Trinajstić information content (AvgIpc) is 3.25. The fraction of sp³-hybridized carbons (Fsp3) is 0.292. The maximum absolute atomic E-state index is 13.5. The van der Waals surface area contributed by atoms with E-state index in [2.05, 4.69) is 0 Å². The zero-order valence-electron chi connectivity index (χ0n) is 18.8. The largest absolute Gasteiger partial charge is 0.497 e. The minimum Gasteiger partial charge on any atom is -0.497 e. The summed E-state index contributed by atoms with van der Waals surface area (Å²) in [4.78, 5) is 33.4. The summed E-state index contributed by atoms with van der Waals surface area (Å²) in [5, 5.41) is 0. The molecule has 0 unspecified atom stereocenters. The molecule has 0 amide bonds. The molecule has 0 bridgehead atoms. The number of benzene rings is 2. The van der Waals surface area contributed by atoms with Crippen LogP contribution in [0, 0.1) is 0 Å². The highest BCUT2D eigenvalue weighted by atomic mass is 16.5. The lowest BCUT2D eigenvalue weighted by Gasteiger charge is -2.30. The second kappa shape index (κ2) is 8.16. The van der Waals surface area contributed by atoms with Crippen LogP contribution in [-0.2, 0) is 20.1 Å². The van der Waals surface area contributed by atoms with E-state index in [4.69, 9.17) is 14.5 Å². The fourth-order valence-corrected chi connectivity index (χ4v) is 4.41. The molecule has 0 saturated heterocycles. The Bertz CT molecular complexity index is 1450. The summed E-state index contributed by atoms with van der Waals surface area (Å²) in [7, 11) is 4.88. The zero-order chi connectivity index (χ0) is 23.1. The Kier molecular flexibility index (Phi) is 5.16. The van der Waals surface area contributed by atoms with E-state index >= 15 is 0 Å². The standard InChI is InChI=1S/C24H25N5O4/c1-26-21-20(22(30)29(24(26)31)15-16-8-5-4-6-9-16)28-13-7-12-27(23(28)25-21)18-14-17(32-2)10-11-19(18)33-3/h4-6,8-11,14H,7,12-13,15H2,1-3H3. The van der Waals surface area contributed by atoms with E-state index in [9.17, 15) is 9.59 Å². The molecule has 2 aromatic heterocycles. The second-order valence-electron chi connectivity index (χ2n) is 8.00. The number of anilines is 2.